The minimum atomic E-state index is -1.05. The summed E-state index contributed by atoms with van der Waals surface area (Å²) in [5, 5.41) is 19.2. The molecule has 35 heavy (non-hydrogen) atoms. The van der Waals surface area contributed by atoms with E-state index in [1.807, 2.05) is 25.1 Å². The largest absolute Gasteiger partial charge is 0.481 e. The summed E-state index contributed by atoms with van der Waals surface area (Å²) in [6.07, 6.45) is -0.243. The van der Waals surface area contributed by atoms with Gasteiger partial charge in [0.05, 0.1) is 12.1 Å². The first-order valence-electron chi connectivity index (χ1n) is 10.5. The molecule has 5 amide bonds. The van der Waals surface area contributed by atoms with Crippen LogP contribution in [0, 0.1) is 13.8 Å². The average Bonchev–Trinajstić information content (AvgIpc) is 3.18. The minimum Gasteiger partial charge on any atom is -0.481 e. The van der Waals surface area contributed by atoms with E-state index in [2.05, 4.69) is 25.6 Å². The van der Waals surface area contributed by atoms with Crippen LogP contribution in [0.25, 0.3) is 11.3 Å². The lowest BCUT2D eigenvalue weighted by Crippen LogP contribution is -2.31. The molecule has 0 aliphatic rings. The molecule has 0 saturated carbocycles. The summed E-state index contributed by atoms with van der Waals surface area (Å²) in [6.45, 7) is 3.60. The number of aryl methyl sites for hydroxylation is 2. The number of urea groups is 2. The predicted molar refractivity (Wildman–Crippen MR) is 134 cm³/mol. The third-order valence-electron chi connectivity index (χ3n) is 4.92. The lowest BCUT2D eigenvalue weighted by atomic mass is 10.0. The molecule has 12 heteroatoms. The number of nitrogens with two attached hydrogens (primary N) is 1. The first kappa shape index (κ1) is 25.2. The van der Waals surface area contributed by atoms with E-state index in [9.17, 15) is 19.2 Å². The highest BCUT2D eigenvalue weighted by atomic mass is 32.1. The average molecular weight is 497 g/mol. The summed E-state index contributed by atoms with van der Waals surface area (Å²) in [7, 11) is 0. The van der Waals surface area contributed by atoms with Crippen molar-refractivity contribution in [2.45, 2.75) is 20.3 Å². The number of benzene rings is 2. The zero-order valence-corrected chi connectivity index (χ0v) is 19.8. The van der Waals surface area contributed by atoms with Crippen molar-refractivity contribution in [2.75, 3.05) is 22.5 Å². The van der Waals surface area contributed by atoms with Crippen molar-refractivity contribution in [1.82, 2.24) is 9.69 Å². The fourth-order valence-electron chi connectivity index (χ4n) is 3.22. The van der Waals surface area contributed by atoms with Gasteiger partial charge in [-0.05, 0) is 54.7 Å². The maximum atomic E-state index is 12.4. The summed E-state index contributed by atoms with van der Waals surface area (Å²) in [5.41, 5.74) is 9.34. The van der Waals surface area contributed by atoms with Gasteiger partial charge in [0.25, 0.3) is 5.91 Å². The van der Waals surface area contributed by atoms with E-state index in [1.54, 1.807) is 31.2 Å². The number of primary amides is 1. The number of carbonyl (C=O) groups is 4. The van der Waals surface area contributed by atoms with Crippen molar-refractivity contribution < 1.29 is 24.3 Å². The van der Waals surface area contributed by atoms with Crippen LogP contribution in [0.4, 0.5) is 26.0 Å². The number of rotatable bonds is 8. The standard InChI is InChI=1S/C23H24N6O5S/c1-12-5-3-4-6-16(12)27-23(34)26-14-7-8-15(13(2)11-14)19-18(20(24)32)21(35-29-19)28-22(33)25-10-9-17(30)31/h3-8,11H,9-10H2,1-2H3,(H2,24,32)(H,30,31)(H2,25,28,33)(H2,26,27,34). The Hall–Kier alpha value is -4.45. The highest BCUT2D eigenvalue weighted by molar-refractivity contribution is 7.11. The van der Waals surface area contributed by atoms with E-state index in [1.165, 1.54) is 0 Å². The van der Waals surface area contributed by atoms with Crippen molar-refractivity contribution >= 4 is 51.8 Å². The molecular weight excluding hydrogens is 472 g/mol. The van der Waals surface area contributed by atoms with Crippen LogP contribution >= 0.6 is 11.5 Å². The number of carbonyl (C=O) groups excluding carboxylic acids is 3. The van der Waals surface area contributed by atoms with Gasteiger partial charge in [-0.2, -0.15) is 4.37 Å². The van der Waals surface area contributed by atoms with Gasteiger partial charge < -0.3 is 26.8 Å². The van der Waals surface area contributed by atoms with Gasteiger partial charge in [-0.1, -0.05) is 24.3 Å². The third-order valence-corrected chi connectivity index (χ3v) is 5.69. The normalized spacial score (nSPS) is 10.3. The van der Waals surface area contributed by atoms with E-state index in [0.29, 0.717) is 22.5 Å². The smallest absolute Gasteiger partial charge is 0.323 e. The van der Waals surface area contributed by atoms with Gasteiger partial charge >= 0.3 is 18.0 Å². The Morgan fingerprint density at radius 3 is 2.37 bits per heavy atom. The van der Waals surface area contributed by atoms with Crippen LogP contribution in [-0.2, 0) is 4.79 Å². The van der Waals surface area contributed by atoms with Crippen molar-refractivity contribution in [1.29, 1.82) is 0 Å². The zero-order valence-electron chi connectivity index (χ0n) is 19.0. The molecule has 0 unspecified atom stereocenters. The highest BCUT2D eigenvalue weighted by Gasteiger charge is 2.23. The number of anilines is 3. The molecule has 11 nitrogen and oxygen atoms in total. The molecule has 1 heterocycles. The number of hydrogen-bond donors (Lipinski definition) is 6. The van der Waals surface area contributed by atoms with Gasteiger partial charge in [-0.3, -0.25) is 14.9 Å². The number of carboxylic acids is 1. The van der Waals surface area contributed by atoms with Gasteiger partial charge in [0.15, 0.2) is 0 Å². The van der Waals surface area contributed by atoms with Gasteiger partial charge in [-0.15, -0.1) is 0 Å². The summed E-state index contributed by atoms with van der Waals surface area (Å²) in [5.74, 6) is -1.84. The fourth-order valence-corrected chi connectivity index (χ4v) is 4.02. The van der Waals surface area contributed by atoms with E-state index >= 15 is 0 Å². The van der Waals surface area contributed by atoms with Crippen LogP contribution in [-0.4, -0.2) is 40.0 Å². The number of aliphatic carboxylic acids is 1. The van der Waals surface area contributed by atoms with E-state index < -0.39 is 23.9 Å². The molecule has 3 rings (SSSR count). The first-order valence-corrected chi connectivity index (χ1v) is 11.2. The molecule has 0 bridgehead atoms. The maximum Gasteiger partial charge on any atom is 0.323 e. The number of para-hydroxylation sites is 1. The van der Waals surface area contributed by atoms with Crippen LogP contribution in [0.1, 0.15) is 27.9 Å². The number of amides is 5. The molecule has 1 aromatic heterocycles. The number of carboxylic acid groups (broad SMARTS) is 1. The molecule has 0 fully saturated rings. The number of nitrogens with zero attached hydrogens (tertiary/aromatic N) is 1. The molecule has 0 radical (unpaired) electrons. The minimum absolute atomic E-state index is 0.0319. The summed E-state index contributed by atoms with van der Waals surface area (Å²) in [4.78, 5) is 47.2. The molecular formula is C23H24N6O5S. The quantitative estimate of drug-likeness (QED) is 0.277. The Morgan fingerprint density at radius 2 is 1.71 bits per heavy atom. The lowest BCUT2D eigenvalue weighted by molar-refractivity contribution is -0.136. The van der Waals surface area contributed by atoms with Crippen molar-refractivity contribution in [3.8, 4) is 11.3 Å². The van der Waals surface area contributed by atoms with Crippen LogP contribution in [0.2, 0.25) is 0 Å². The second kappa shape index (κ2) is 11.1. The molecule has 0 atom stereocenters. The fraction of sp³-hybridized carbons (Fsp3) is 0.174. The van der Waals surface area contributed by atoms with Crippen molar-refractivity contribution in [3.63, 3.8) is 0 Å². The second-order valence-electron chi connectivity index (χ2n) is 7.55. The van der Waals surface area contributed by atoms with Gasteiger partial charge in [-0.25, -0.2) is 9.59 Å². The van der Waals surface area contributed by atoms with E-state index in [0.717, 1.165) is 17.1 Å². The Labute approximate surface area is 204 Å². The van der Waals surface area contributed by atoms with Crippen LogP contribution in [0.15, 0.2) is 42.5 Å². The van der Waals surface area contributed by atoms with E-state index in [-0.39, 0.29) is 29.2 Å². The van der Waals surface area contributed by atoms with Gasteiger partial charge in [0.2, 0.25) is 0 Å². The van der Waals surface area contributed by atoms with Crippen LogP contribution in [0.5, 0.6) is 0 Å². The SMILES string of the molecule is Cc1ccccc1NC(=O)Nc1ccc(-c2nsc(NC(=O)NCCC(=O)O)c2C(N)=O)c(C)c1. The Morgan fingerprint density at radius 1 is 0.971 bits per heavy atom. The molecule has 0 aliphatic heterocycles. The zero-order chi connectivity index (χ0) is 25.5. The topological polar surface area (TPSA) is 176 Å². The van der Waals surface area contributed by atoms with Crippen molar-refractivity contribution in [3.05, 3.63) is 59.2 Å². The third kappa shape index (κ3) is 6.54. The molecule has 2 aromatic carbocycles. The highest BCUT2D eigenvalue weighted by Crippen LogP contribution is 2.34. The molecule has 182 valence electrons. The Bertz CT molecular complexity index is 1290. The molecule has 0 aliphatic carbocycles. The van der Waals surface area contributed by atoms with Crippen LogP contribution in [0.3, 0.4) is 0 Å². The number of aromatic nitrogens is 1. The number of hydrogen-bond acceptors (Lipinski definition) is 6. The molecule has 0 spiro atoms. The second-order valence-corrected chi connectivity index (χ2v) is 8.32. The molecule has 3 aromatic rings. The summed E-state index contributed by atoms with van der Waals surface area (Å²) >= 11 is 0.875. The Balaban J connectivity index is 1.75. The van der Waals surface area contributed by atoms with Gasteiger partial charge in [0, 0.05) is 23.5 Å². The van der Waals surface area contributed by atoms with Gasteiger partial charge in [0.1, 0.15) is 10.6 Å². The lowest BCUT2D eigenvalue weighted by Gasteiger charge is -2.12. The number of nitrogens with one attached hydrogen (secondary N) is 4. The monoisotopic (exact) mass is 496 g/mol. The van der Waals surface area contributed by atoms with E-state index in [4.69, 9.17) is 10.8 Å². The first-order chi connectivity index (χ1) is 16.7. The molecule has 0 saturated heterocycles. The summed E-state index contributed by atoms with van der Waals surface area (Å²) < 4.78 is 4.29. The van der Waals surface area contributed by atoms with Crippen LogP contribution < -0.4 is 27.0 Å². The van der Waals surface area contributed by atoms with Crippen molar-refractivity contribution in [2.24, 2.45) is 5.73 Å². The summed E-state index contributed by atoms with van der Waals surface area (Å²) in [6, 6.07) is 11.4. The Kier molecular flexibility index (Phi) is 8.00. The molecule has 7 N–H and O–H groups in total. The predicted octanol–water partition coefficient (Wildman–Crippen LogP) is 3.77. The maximum absolute atomic E-state index is 12.4.